The first-order valence-corrected chi connectivity index (χ1v) is 19.6. The van der Waals surface area contributed by atoms with Crippen LogP contribution in [0.5, 0.6) is 0 Å². The Bertz CT molecular complexity index is 593. The highest BCUT2D eigenvalue weighted by Crippen LogP contribution is 2.14. The molecule has 0 aromatic rings. The Balaban J connectivity index is 4.13. The lowest BCUT2D eigenvalue weighted by molar-refractivity contribution is -0.163. The summed E-state index contributed by atoms with van der Waals surface area (Å²) in [5.41, 5.74) is 0. The largest absolute Gasteiger partial charge is 0.462 e. The third-order valence-electron chi connectivity index (χ3n) is 8.64. The maximum Gasteiger partial charge on any atom is 0.306 e. The molecular formula is C39H76O5. The molecule has 44 heavy (non-hydrogen) atoms. The lowest BCUT2D eigenvalue weighted by Gasteiger charge is -2.18. The molecule has 0 amide bonds. The molecule has 0 fully saturated rings. The first-order chi connectivity index (χ1) is 21.6. The van der Waals surface area contributed by atoms with E-state index in [0.717, 1.165) is 38.5 Å². The zero-order valence-corrected chi connectivity index (χ0v) is 30.0. The fraction of sp³-hybridized carbons (Fsp3) is 0.949. The predicted octanol–water partition coefficient (Wildman–Crippen LogP) is 12.2. The van der Waals surface area contributed by atoms with Gasteiger partial charge in [0.25, 0.3) is 0 Å². The molecule has 0 heterocycles. The summed E-state index contributed by atoms with van der Waals surface area (Å²) in [7, 11) is 0. The van der Waals surface area contributed by atoms with E-state index in [0.29, 0.717) is 26.1 Å². The molecule has 0 saturated heterocycles. The van der Waals surface area contributed by atoms with Crippen LogP contribution in [0.15, 0.2) is 0 Å². The maximum atomic E-state index is 12.6. The number of rotatable bonds is 36. The molecule has 0 spiro atoms. The number of carbonyl (C=O) groups excluding carboxylic acids is 2. The zero-order chi connectivity index (χ0) is 32.2. The van der Waals surface area contributed by atoms with Crippen LogP contribution in [0.3, 0.4) is 0 Å². The van der Waals surface area contributed by atoms with Crippen molar-refractivity contribution in [3.8, 4) is 0 Å². The Morgan fingerprint density at radius 3 is 1.16 bits per heavy atom. The van der Waals surface area contributed by atoms with Gasteiger partial charge in [-0.3, -0.25) is 9.59 Å². The van der Waals surface area contributed by atoms with Crippen molar-refractivity contribution in [1.29, 1.82) is 0 Å². The van der Waals surface area contributed by atoms with Gasteiger partial charge < -0.3 is 14.2 Å². The highest BCUT2D eigenvalue weighted by atomic mass is 16.6. The van der Waals surface area contributed by atoms with Gasteiger partial charge in [0.1, 0.15) is 6.61 Å². The molecule has 0 bridgehead atoms. The number of ether oxygens (including phenoxy) is 3. The van der Waals surface area contributed by atoms with Gasteiger partial charge in [-0.1, -0.05) is 181 Å². The summed E-state index contributed by atoms with van der Waals surface area (Å²) in [5, 5.41) is 0. The normalized spacial score (nSPS) is 12.0. The van der Waals surface area contributed by atoms with Gasteiger partial charge in [0.05, 0.1) is 6.61 Å². The van der Waals surface area contributed by atoms with E-state index in [1.807, 2.05) is 0 Å². The van der Waals surface area contributed by atoms with Gasteiger partial charge in [0.15, 0.2) is 6.10 Å². The van der Waals surface area contributed by atoms with Gasteiger partial charge in [-0.25, -0.2) is 0 Å². The van der Waals surface area contributed by atoms with Crippen LogP contribution in [0, 0.1) is 0 Å². The Morgan fingerprint density at radius 2 is 0.750 bits per heavy atom. The fourth-order valence-corrected chi connectivity index (χ4v) is 5.69. The van der Waals surface area contributed by atoms with Crippen LogP contribution in [-0.4, -0.2) is 37.9 Å². The smallest absolute Gasteiger partial charge is 0.306 e. The van der Waals surface area contributed by atoms with Gasteiger partial charge >= 0.3 is 11.9 Å². The average Bonchev–Trinajstić information content (AvgIpc) is 3.02. The monoisotopic (exact) mass is 625 g/mol. The summed E-state index contributed by atoms with van der Waals surface area (Å²) in [6.07, 6.45) is 35.2. The van der Waals surface area contributed by atoms with Gasteiger partial charge in [-0.15, -0.1) is 0 Å². The van der Waals surface area contributed by atoms with Crippen LogP contribution in [0.2, 0.25) is 0 Å². The number of carbonyl (C=O) groups is 2. The van der Waals surface area contributed by atoms with E-state index in [1.54, 1.807) is 0 Å². The van der Waals surface area contributed by atoms with E-state index in [2.05, 4.69) is 20.8 Å². The molecule has 0 rings (SSSR count). The number of hydrogen-bond acceptors (Lipinski definition) is 5. The van der Waals surface area contributed by atoms with Crippen molar-refractivity contribution in [3.63, 3.8) is 0 Å². The van der Waals surface area contributed by atoms with Crippen molar-refractivity contribution >= 4 is 11.9 Å². The molecule has 0 aliphatic rings. The zero-order valence-electron chi connectivity index (χ0n) is 30.0. The minimum Gasteiger partial charge on any atom is -0.462 e. The Hall–Kier alpha value is -1.10. The van der Waals surface area contributed by atoms with Gasteiger partial charge in [0, 0.05) is 19.4 Å². The fourth-order valence-electron chi connectivity index (χ4n) is 5.69. The summed E-state index contributed by atoms with van der Waals surface area (Å²) in [6, 6.07) is 0. The summed E-state index contributed by atoms with van der Waals surface area (Å²) in [5.74, 6) is -0.390. The molecule has 1 unspecified atom stereocenters. The quantitative estimate of drug-likeness (QED) is 0.0512. The van der Waals surface area contributed by atoms with Crippen LogP contribution in [0.4, 0.5) is 0 Å². The second-order valence-electron chi connectivity index (χ2n) is 13.2. The number of unbranched alkanes of at least 4 members (excludes halogenated alkanes) is 25. The van der Waals surface area contributed by atoms with Crippen molar-refractivity contribution in [2.24, 2.45) is 0 Å². The van der Waals surface area contributed by atoms with Crippen LogP contribution in [-0.2, 0) is 23.8 Å². The van der Waals surface area contributed by atoms with Crippen molar-refractivity contribution < 1.29 is 23.8 Å². The van der Waals surface area contributed by atoms with E-state index in [-0.39, 0.29) is 18.5 Å². The molecule has 0 N–H and O–H groups in total. The minimum atomic E-state index is -0.517. The Morgan fingerprint density at radius 1 is 0.409 bits per heavy atom. The van der Waals surface area contributed by atoms with Gasteiger partial charge in [0.2, 0.25) is 0 Å². The van der Waals surface area contributed by atoms with E-state index >= 15 is 0 Å². The molecule has 0 aliphatic heterocycles. The highest BCUT2D eigenvalue weighted by molar-refractivity contribution is 5.70. The van der Waals surface area contributed by atoms with Crippen molar-refractivity contribution in [3.05, 3.63) is 0 Å². The standard InChI is InChI=1S/C39H76O5/c1-4-7-10-13-16-18-20-22-24-26-29-32-38(40)43-36-37(35-42-34-31-28-15-12-9-6-3)44-39(41)33-30-27-25-23-21-19-17-14-11-8-5-2/h37H,4-36H2,1-3H3. The van der Waals surface area contributed by atoms with Crippen molar-refractivity contribution in [2.45, 2.75) is 219 Å². The first-order valence-electron chi connectivity index (χ1n) is 19.6. The number of hydrogen-bond donors (Lipinski definition) is 0. The minimum absolute atomic E-state index is 0.0946. The summed E-state index contributed by atoms with van der Waals surface area (Å²) >= 11 is 0. The van der Waals surface area contributed by atoms with Gasteiger partial charge in [-0.2, -0.15) is 0 Å². The second kappa shape index (κ2) is 36.4. The highest BCUT2D eigenvalue weighted by Gasteiger charge is 2.17. The third-order valence-corrected chi connectivity index (χ3v) is 8.64. The predicted molar refractivity (Wildman–Crippen MR) is 187 cm³/mol. The van der Waals surface area contributed by atoms with Crippen LogP contribution >= 0.6 is 0 Å². The van der Waals surface area contributed by atoms with Crippen LogP contribution in [0.1, 0.15) is 213 Å². The van der Waals surface area contributed by atoms with Crippen LogP contribution in [0.25, 0.3) is 0 Å². The molecule has 0 aromatic heterocycles. The van der Waals surface area contributed by atoms with E-state index in [9.17, 15) is 9.59 Å². The SMILES string of the molecule is CCCCCCCCCCCCCC(=O)OCC(COCCCCCCCC)OC(=O)CCCCCCCCCCCCC. The van der Waals surface area contributed by atoms with Crippen molar-refractivity contribution in [2.75, 3.05) is 19.8 Å². The lowest BCUT2D eigenvalue weighted by atomic mass is 10.1. The molecule has 262 valence electrons. The third kappa shape index (κ3) is 33.8. The van der Waals surface area contributed by atoms with E-state index in [1.165, 1.54) is 141 Å². The Kier molecular flexibility index (Phi) is 35.5. The molecule has 0 saturated carbocycles. The molecule has 0 aromatic carbocycles. The lowest BCUT2D eigenvalue weighted by Crippen LogP contribution is -2.30. The summed E-state index contributed by atoms with van der Waals surface area (Å²) in [4.78, 5) is 24.9. The molecule has 0 aliphatic carbocycles. The van der Waals surface area contributed by atoms with Crippen LogP contribution < -0.4 is 0 Å². The molecule has 5 nitrogen and oxygen atoms in total. The number of esters is 2. The topological polar surface area (TPSA) is 61.8 Å². The van der Waals surface area contributed by atoms with E-state index < -0.39 is 6.10 Å². The summed E-state index contributed by atoms with van der Waals surface area (Å²) < 4.78 is 17.1. The molecule has 5 heteroatoms. The van der Waals surface area contributed by atoms with Crippen molar-refractivity contribution in [1.82, 2.24) is 0 Å². The molecule has 0 radical (unpaired) electrons. The Labute approximate surface area is 274 Å². The second-order valence-corrected chi connectivity index (χ2v) is 13.2. The van der Waals surface area contributed by atoms with Gasteiger partial charge in [-0.05, 0) is 19.3 Å². The molecular weight excluding hydrogens is 548 g/mol. The summed E-state index contributed by atoms with van der Waals surface area (Å²) in [6.45, 7) is 7.80. The maximum absolute atomic E-state index is 12.6. The average molecular weight is 625 g/mol. The molecule has 1 atom stereocenters. The van der Waals surface area contributed by atoms with E-state index in [4.69, 9.17) is 14.2 Å². The first kappa shape index (κ1) is 42.9.